The van der Waals surface area contributed by atoms with E-state index in [9.17, 15) is 13.2 Å². The fourth-order valence-electron chi connectivity index (χ4n) is 1.96. The van der Waals surface area contributed by atoms with E-state index in [1.54, 1.807) is 24.3 Å². The Bertz CT molecular complexity index is 851. The zero-order chi connectivity index (χ0) is 17.2. The van der Waals surface area contributed by atoms with Crippen molar-refractivity contribution >= 4 is 17.6 Å². The molecule has 0 saturated heterocycles. The molecule has 0 aliphatic carbocycles. The summed E-state index contributed by atoms with van der Waals surface area (Å²) in [7, 11) is 0. The fourth-order valence-corrected chi connectivity index (χ4v) is 1.96. The SMILES string of the molecule is Nc1nc(Nc2cncc(C(F)(F)F)c2)nc(-c2ccccc2)n1. The number of nitrogens with one attached hydrogen (secondary N) is 1. The average molecular weight is 332 g/mol. The van der Waals surface area contributed by atoms with Crippen molar-refractivity contribution in [2.45, 2.75) is 6.18 Å². The van der Waals surface area contributed by atoms with Crippen LogP contribution in [-0.4, -0.2) is 19.9 Å². The highest BCUT2D eigenvalue weighted by Crippen LogP contribution is 2.30. The average Bonchev–Trinajstić information content (AvgIpc) is 2.54. The maximum Gasteiger partial charge on any atom is 0.417 e. The molecule has 0 aliphatic rings. The Morgan fingerprint density at radius 1 is 0.958 bits per heavy atom. The molecule has 3 rings (SSSR count). The molecule has 2 heterocycles. The first-order valence-corrected chi connectivity index (χ1v) is 6.78. The molecule has 122 valence electrons. The molecule has 0 radical (unpaired) electrons. The van der Waals surface area contributed by atoms with Crippen LogP contribution in [0.3, 0.4) is 0 Å². The van der Waals surface area contributed by atoms with Gasteiger partial charge in [0, 0.05) is 11.8 Å². The number of nitrogen functional groups attached to an aromatic ring is 1. The van der Waals surface area contributed by atoms with Crippen LogP contribution in [-0.2, 0) is 6.18 Å². The third-order valence-electron chi connectivity index (χ3n) is 3.01. The zero-order valence-electron chi connectivity index (χ0n) is 12.1. The Morgan fingerprint density at radius 2 is 1.71 bits per heavy atom. The second kappa shape index (κ2) is 6.11. The number of anilines is 3. The standard InChI is InChI=1S/C15H11F3N6/c16-15(17,18)10-6-11(8-20-7-10)21-14-23-12(22-13(19)24-14)9-4-2-1-3-5-9/h1-8H,(H3,19,21,22,23,24). The largest absolute Gasteiger partial charge is 0.417 e. The molecule has 0 unspecified atom stereocenters. The number of benzene rings is 1. The van der Waals surface area contributed by atoms with Crippen molar-refractivity contribution in [2.24, 2.45) is 0 Å². The lowest BCUT2D eigenvalue weighted by molar-refractivity contribution is -0.137. The summed E-state index contributed by atoms with van der Waals surface area (Å²) in [5.74, 6) is 0.291. The molecule has 9 heteroatoms. The van der Waals surface area contributed by atoms with Gasteiger partial charge in [-0.2, -0.15) is 28.1 Å². The fraction of sp³-hybridized carbons (Fsp3) is 0.0667. The van der Waals surface area contributed by atoms with Gasteiger partial charge in [0.15, 0.2) is 5.82 Å². The van der Waals surface area contributed by atoms with Crippen LogP contribution in [0.5, 0.6) is 0 Å². The molecule has 3 aromatic rings. The molecule has 3 N–H and O–H groups in total. The molecule has 0 amide bonds. The van der Waals surface area contributed by atoms with Crippen molar-refractivity contribution in [3.05, 3.63) is 54.4 Å². The van der Waals surface area contributed by atoms with Crippen molar-refractivity contribution in [2.75, 3.05) is 11.1 Å². The minimum absolute atomic E-state index is 0.0301. The van der Waals surface area contributed by atoms with Crippen LogP contribution < -0.4 is 11.1 Å². The van der Waals surface area contributed by atoms with Crippen LogP contribution in [0.1, 0.15) is 5.56 Å². The number of halogens is 3. The van der Waals surface area contributed by atoms with Gasteiger partial charge in [-0.3, -0.25) is 4.98 Å². The molecule has 1 aromatic carbocycles. The molecule has 0 saturated carbocycles. The van der Waals surface area contributed by atoms with E-state index in [2.05, 4.69) is 25.3 Å². The monoisotopic (exact) mass is 332 g/mol. The van der Waals surface area contributed by atoms with Gasteiger partial charge >= 0.3 is 6.18 Å². The van der Waals surface area contributed by atoms with E-state index >= 15 is 0 Å². The lowest BCUT2D eigenvalue weighted by atomic mass is 10.2. The van der Waals surface area contributed by atoms with Gasteiger partial charge in [-0.15, -0.1) is 0 Å². The molecule has 0 atom stereocenters. The molecular weight excluding hydrogens is 321 g/mol. The van der Waals surface area contributed by atoms with Crippen LogP contribution in [0.2, 0.25) is 0 Å². The Morgan fingerprint density at radius 3 is 2.42 bits per heavy atom. The van der Waals surface area contributed by atoms with Crippen molar-refractivity contribution < 1.29 is 13.2 Å². The normalized spacial score (nSPS) is 11.3. The number of aromatic nitrogens is 4. The number of hydrogen-bond acceptors (Lipinski definition) is 6. The highest BCUT2D eigenvalue weighted by Gasteiger charge is 2.31. The number of nitrogens with two attached hydrogens (primary N) is 1. The lowest BCUT2D eigenvalue weighted by Gasteiger charge is -2.10. The number of hydrogen-bond donors (Lipinski definition) is 2. The van der Waals surface area contributed by atoms with Crippen molar-refractivity contribution in [1.82, 2.24) is 19.9 Å². The number of pyridine rings is 1. The summed E-state index contributed by atoms with van der Waals surface area (Å²) in [5.41, 5.74) is 5.57. The Kier molecular flexibility index (Phi) is 3.98. The molecule has 0 aliphatic heterocycles. The van der Waals surface area contributed by atoms with E-state index in [1.807, 2.05) is 6.07 Å². The first-order valence-electron chi connectivity index (χ1n) is 6.78. The van der Waals surface area contributed by atoms with E-state index in [4.69, 9.17) is 5.73 Å². The van der Waals surface area contributed by atoms with Gasteiger partial charge in [0.05, 0.1) is 17.4 Å². The minimum Gasteiger partial charge on any atom is -0.368 e. The second-order valence-corrected chi connectivity index (χ2v) is 4.79. The molecule has 6 nitrogen and oxygen atoms in total. The van der Waals surface area contributed by atoms with Crippen molar-refractivity contribution in [3.63, 3.8) is 0 Å². The maximum atomic E-state index is 12.7. The molecule has 0 bridgehead atoms. The molecular formula is C15H11F3N6. The number of alkyl halides is 3. The minimum atomic E-state index is -4.49. The second-order valence-electron chi connectivity index (χ2n) is 4.79. The van der Waals surface area contributed by atoms with E-state index in [1.165, 1.54) is 6.20 Å². The van der Waals surface area contributed by atoms with Gasteiger partial charge in [-0.25, -0.2) is 0 Å². The summed E-state index contributed by atoms with van der Waals surface area (Å²) < 4.78 is 38.2. The van der Waals surface area contributed by atoms with Crippen LogP contribution in [0, 0.1) is 0 Å². The first-order chi connectivity index (χ1) is 11.4. The van der Waals surface area contributed by atoms with Crippen molar-refractivity contribution in [3.8, 4) is 11.4 Å². The molecule has 2 aromatic heterocycles. The summed E-state index contributed by atoms with van der Waals surface area (Å²) in [6, 6.07) is 9.92. The van der Waals surface area contributed by atoms with E-state index in [0.29, 0.717) is 11.4 Å². The quantitative estimate of drug-likeness (QED) is 0.765. The summed E-state index contributed by atoms with van der Waals surface area (Å²) >= 11 is 0. The summed E-state index contributed by atoms with van der Waals surface area (Å²) in [4.78, 5) is 15.6. The van der Waals surface area contributed by atoms with Gasteiger partial charge in [0.1, 0.15) is 0 Å². The highest BCUT2D eigenvalue weighted by atomic mass is 19.4. The lowest BCUT2D eigenvalue weighted by Crippen LogP contribution is -2.08. The molecule has 24 heavy (non-hydrogen) atoms. The van der Waals surface area contributed by atoms with Crippen LogP contribution in [0.25, 0.3) is 11.4 Å². The van der Waals surface area contributed by atoms with Gasteiger partial charge < -0.3 is 11.1 Å². The third-order valence-corrected chi connectivity index (χ3v) is 3.01. The van der Waals surface area contributed by atoms with Crippen LogP contribution in [0.4, 0.5) is 30.8 Å². The highest BCUT2D eigenvalue weighted by molar-refractivity contribution is 5.60. The predicted molar refractivity (Wildman–Crippen MR) is 82.2 cm³/mol. The van der Waals surface area contributed by atoms with E-state index in [0.717, 1.165) is 12.3 Å². The smallest absolute Gasteiger partial charge is 0.368 e. The molecule has 0 spiro atoms. The van der Waals surface area contributed by atoms with Gasteiger partial charge in [0.25, 0.3) is 0 Å². The molecule has 0 fully saturated rings. The third kappa shape index (κ3) is 3.57. The van der Waals surface area contributed by atoms with Gasteiger partial charge in [-0.05, 0) is 6.07 Å². The maximum absolute atomic E-state index is 12.7. The van der Waals surface area contributed by atoms with Crippen LogP contribution in [0.15, 0.2) is 48.8 Å². The Hall–Kier alpha value is -3.23. The van der Waals surface area contributed by atoms with Gasteiger partial charge in [-0.1, -0.05) is 30.3 Å². The Balaban J connectivity index is 1.92. The topological polar surface area (TPSA) is 89.6 Å². The van der Waals surface area contributed by atoms with E-state index in [-0.39, 0.29) is 17.6 Å². The van der Waals surface area contributed by atoms with Crippen molar-refractivity contribution in [1.29, 1.82) is 0 Å². The summed E-state index contributed by atoms with van der Waals surface area (Å²) in [5, 5.41) is 2.66. The Labute approximate surface area is 134 Å². The zero-order valence-corrected chi connectivity index (χ0v) is 12.1. The van der Waals surface area contributed by atoms with Crippen LogP contribution >= 0.6 is 0 Å². The van der Waals surface area contributed by atoms with E-state index < -0.39 is 11.7 Å². The first kappa shape index (κ1) is 15.7. The van der Waals surface area contributed by atoms with Gasteiger partial charge in [0.2, 0.25) is 11.9 Å². The summed E-state index contributed by atoms with van der Waals surface area (Å²) in [6.07, 6.45) is -2.52. The number of nitrogens with zero attached hydrogens (tertiary/aromatic N) is 4. The number of rotatable bonds is 3. The predicted octanol–water partition coefficient (Wildman–Crippen LogP) is 3.28. The summed E-state index contributed by atoms with van der Waals surface area (Å²) in [6.45, 7) is 0.